The van der Waals surface area contributed by atoms with E-state index in [4.69, 9.17) is 5.11 Å². The summed E-state index contributed by atoms with van der Waals surface area (Å²) in [5.41, 5.74) is 0. The molecule has 0 atom stereocenters. The van der Waals surface area contributed by atoms with E-state index in [1.165, 1.54) is 11.3 Å². The van der Waals surface area contributed by atoms with E-state index in [2.05, 4.69) is 15.9 Å². The predicted octanol–water partition coefficient (Wildman–Crippen LogP) is 2.86. The van der Waals surface area contributed by atoms with Crippen LogP contribution in [0.1, 0.15) is 4.88 Å². The molecule has 0 aliphatic heterocycles. The van der Waals surface area contributed by atoms with Gasteiger partial charge in [-0.15, -0.1) is 11.3 Å². The minimum absolute atomic E-state index is 0.0482. The highest BCUT2D eigenvalue weighted by molar-refractivity contribution is 9.10. The number of phenolic OH excluding ortho intramolecular Hbond substituents is 1. The second-order valence-electron chi connectivity index (χ2n) is 2.72. The summed E-state index contributed by atoms with van der Waals surface area (Å²) in [6.45, 7) is 0.0482. The summed E-state index contributed by atoms with van der Waals surface area (Å²) in [7, 11) is 0. The number of aromatic hydroxyl groups is 1. The van der Waals surface area contributed by atoms with Crippen molar-refractivity contribution >= 4 is 37.4 Å². The zero-order chi connectivity index (χ0) is 9.42. The Labute approximate surface area is 87.6 Å². The van der Waals surface area contributed by atoms with Crippen molar-refractivity contribution in [1.29, 1.82) is 0 Å². The molecule has 1 aromatic heterocycles. The molecule has 0 amide bonds. The monoisotopic (exact) mass is 258 g/mol. The third kappa shape index (κ3) is 1.57. The Hall–Kier alpha value is -0.580. The van der Waals surface area contributed by atoms with E-state index >= 15 is 0 Å². The highest BCUT2D eigenvalue weighted by Gasteiger charge is 2.05. The number of aliphatic hydroxyl groups is 1. The molecule has 0 fully saturated rings. The van der Waals surface area contributed by atoms with Crippen LogP contribution in [0, 0.1) is 0 Å². The van der Waals surface area contributed by atoms with Gasteiger partial charge < -0.3 is 10.2 Å². The fourth-order valence-electron chi connectivity index (χ4n) is 1.23. The maximum atomic E-state index is 9.31. The molecule has 2 aromatic rings. The molecule has 0 aliphatic rings. The smallest absolute Gasteiger partial charge is 0.117 e. The summed E-state index contributed by atoms with van der Waals surface area (Å²) in [4.78, 5) is 0.904. The van der Waals surface area contributed by atoms with Crippen LogP contribution in [0.4, 0.5) is 0 Å². The first-order valence-corrected chi connectivity index (χ1v) is 5.33. The lowest BCUT2D eigenvalue weighted by Crippen LogP contribution is -1.70. The van der Waals surface area contributed by atoms with Gasteiger partial charge in [-0.05, 0) is 39.5 Å². The number of aliphatic hydroxyl groups excluding tert-OH is 1. The lowest BCUT2D eigenvalue weighted by Gasteiger charge is -1.94. The second kappa shape index (κ2) is 3.29. The zero-order valence-electron chi connectivity index (χ0n) is 6.62. The summed E-state index contributed by atoms with van der Waals surface area (Å²) in [5, 5.41) is 19.2. The molecular formula is C9H7BrO2S. The van der Waals surface area contributed by atoms with Crippen LogP contribution in [0.15, 0.2) is 22.7 Å². The van der Waals surface area contributed by atoms with Crippen LogP contribution in [0.2, 0.25) is 0 Å². The molecule has 0 saturated heterocycles. The van der Waals surface area contributed by atoms with Crippen LogP contribution in [0.5, 0.6) is 5.75 Å². The van der Waals surface area contributed by atoms with Gasteiger partial charge in [-0.2, -0.15) is 0 Å². The number of fused-ring (bicyclic) bond motifs is 1. The summed E-state index contributed by atoms with van der Waals surface area (Å²) >= 11 is 4.88. The molecule has 13 heavy (non-hydrogen) atoms. The lowest BCUT2D eigenvalue weighted by molar-refractivity contribution is 0.285. The largest absolute Gasteiger partial charge is 0.508 e. The molecule has 2 N–H and O–H groups in total. The van der Waals surface area contributed by atoms with Gasteiger partial charge in [-0.25, -0.2) is 0 Å². The summed E-state index contributed by atoms with van der Waals surface area (Å²) in [5.74, 6) is 0.238. The number of hydrogen-bond acceptors (Lipinski definition) is 3. The molecule has 0 spiro atoms. The van der Waals surface area contributed by atoms with Gasteiger partial charge in [0.05, 0.1) is 6.61 Å². The highest BCUT2D eigenvalue weighted by Crippen LogP contribution is 2.35. The first-order valence-electron chi connectivity index (χ1n) is 3.72. The number of benzene rings is 1. The van der Waals surface area contributed by atoms with E-state index in [0.717, 1.165) is 19.4 Å². The average Bonchev–Trinajstić information content (AvgIpc) is 2.47. The first kappa shape index (κ1) is 8.99. The molecule has 0 unspecified atom stereocenters. The van der Waals surface area contributed by atoms with Gasteiger partial charge in [-0.1, -0.05) is 0 Å². The number of thiophene rings is 1. The fraction of sp³-hybridized carbons (Fsp3) is 0.111. The standard InChI is InChI=1S/C9H7BrO2S/c10-8-3-6(12)1-5-2-7(4-11)13-9(5)8/h1-3,11-12H,4H2. The Kier molecular flexibility index (Phi) is 2.27. The van der Waals surface area contributed by atoms with E-state index in [1.807, 2.05) is 6.07 Å². The van der Waals surface area contributed by atoms with Crippen LogP contribution < -0.4 is 0 Å². The molecule has 68 valence electrons. The van der Waals surface area contributed by atoms with Gasteiger partial charge in [-0.3, -0.25) is 0 Å². The third-order valence-electron chi connectivity index (χ3n) is 1.76. The normalized spacial score (nSPS) is 10.9. The van der Waals surface area contributed by atoms with Gasteiger partial charge in [0.25, 0.3) is 0 Å². The van der Waals surface area contributed by atoms with Crippen molar-refractivity contribution in [2.24, 2.45) is 0 Å². The van der Waals surface area contributed by atoms with Crippen LogP contribution in [-0.2, 0) is 6.61 Å². The molecule has 1 heterocycles. The van der Waals surface area contributed by atoms with Crippen molar-refractivity contribution in [3.05, 3.63) is 27.5 Å². The van der Waals surface area contributed by atoms with E-state index < -0.39 is 0 Å². The maximum Gasteiger partial charge on any atom is 0.117 e. The Bertz CT molecular complexity index is 450. The summed E-state index contributed by atoms with van der Waals surface area (Å²) in [6, 6.07) is 5.22. The van der Waals surface area contributed by atoms with E-state index in [9.17, 15) is 5.11 Å². The third-order valence-corrected chi connectivity index (χ3v) is 3.82. The number of hydrogen-bond donors (Lipinski definition) is 2. The molecule has 0 saturated carbocycles. The summed E-state index contributed by atoms with van der Waals surface area (Å²) < 4.78 is 1.93. The minimum Gasteiger partial charge on any atom is -0.508 e. The molecule has 0 radical (unpaired) electrons. The van der Waals surface area contributed by atoms with Crippen molar-refractivity contribution in [3.63, 3.8) is 0 Å². The van der Waals surface area contributed by atoms with E-state index in [1.54, 1.807) is 12.1 Å². The molecule has 2 rings (SSSR count). The Morgan fingerprint density at radius 2 is 2.08 bits per heavy atom. The predicted molar refractivity (Wildman–Crippen MR) is 57.1 cm³/mol. The molecule has 1 aromatic carbocycles. The van der Waals surface area contributed by atoms with Crippen LogP contribution in [0.25, 0.3) is 10.1 Å². The Balaban J connectivity index is 2.75. The van der Waals surface area contributed by atoms with Crippen molar-refractivity contribution in [2.45, 2.75) is 6.61 Å². The molecule has 4 heteroatoms. The van der Waals surface area contributed by atoms with Gasteiger partial charge in [0, 0.05) is 14.0 Å². The van der Waals surface area contributed by atoms with Gasteiger partial charge in [0.2, 0.25) is 0 Å². The van der Waals surface area contributed by atoms with Crippen molar-refractivity contribution in [2.75, 3.05) is 0 Å². The number of phenols is 1. The first-order chi connectivity index (χ1) is 6.20. The van der Waals surface area contributed by atoms with Crippen molar-refractivity contribution in [1.82, 2.24) is 0 Å². The summed E-state index contributed by atoms with van der Waals surface area (Å²) in [6.07, 6.45) is 0. The topological polar surface area (TPSA) is 40.5 Å². The van der Waals surface area contributed by atoms with Gasteiger partial charge in [0.1, 0.15) is 5.75 Å². The van der Waals surface area contributed by atoms with Gasteiger partial charge >= 0.3 is 0 Å². The molecule has 2 nitrogen and oxygen atoms in total. The van der Waals surface area contributed by atoms with Crippen molar-refractivity contribution in [3.8, 4) is 5.75 Å². The van der Waals surface area contributed by atoms with Crippen molar-refractivity contribution < 1.29 is 10.2 Å². The minimum atomic E-state index is 0.0482. The zero-order valence-corrected chi connectivity index (χ0v) is 9.02. The maximum absolute atomic E-state index is 9.31. The molecule has 0 aliphatic carbocycles. The fourth-order valence-corrected chi connectivity index (χ4v) is 2.84. The van der Waals surface area contributed by atoms with Gasteiger partial charge in [0.15, 0.2) is 0 Å². The molecular weight excluding hydrogens is 252 g/mol. The number of halogens is 1. The van der Waals surface area contributed by atoms with E-state index in [-0.39, 0.29) is 12.4 Å². The highest BCUT2D eigenvalue weighted by atomic mass is 79.9. The Morgan fingerprint density at radius 1 is 1.31 bits per heavy atom. The van der Waals surface area contributed by atoms with Crippen LogP contribution in [0.3, 0.4) is 0 Å². The SMILES string of the molecule is OCc1cc2cc(O)cc(Br)c2s1. The van der Waals surface area contributed by atoms with E-state index in [0.29, 0.717) is 0 Å². The average molecular weight is 259 g/mol. The second-order valence-corrected chi connectivity index (χ2v) is 4.71. The van der Waals surface area contributed by atoms with Crippen LogP contribution in [-0.4, -0.2) is 10.2 Å². The lowest BCUT2D eigenvalue weighted by atomic mass is 10.2. The number of rotatable bonds is 1. The molecule has 0 bridgehead atoms. The van der Waals surface area contributed by atoms with Crippen LogP contribution >= 0.6 is 27.3 Å². The Morgan fingerprint density at radius 3 is 2.77 bits per heavy atom. The quantitative estimate of drug-likeness (QED) is 0.826.